The van der Waals surface area contributed by atoms with E-state index in [0.29, 0.717) is 37.2 Å². The normalized spacial score (nSPS) is 21.9. The first-order chi connectivity index (χ1) is 18.0. The lowest BCUT2D eigenvalue weighted by Gasteiger charge is -2.43. The minimum absolute atomic E-state index is 0.0337. The van der Waals surface area contributed by atoms with Gasteiger partial charge in [-0.2, -0.15) is 4.98 Å². The van der Waals surface area contributed by atoms with Crippen molar-refractivity contribution in [1.82, 2.24) is 15.0 Å². The third-order valence-corrected chi connectivity index (χ3v) is 9.50. The maximum absolute atomic E-state index is 14.5. The topological polar surface area (TPSA) is 112 Å². The number of hydrogen-bond acceptors (Lipinski definition) is 9. The van der Waals surface area contributed by atoms with Crippen molar-refractivity contribution >= 4 is 43.9 Å². The van der Waals surface area contributed by atoms with E-state index < -0.39 is 27.5 Å². The molecule has 2 aliphatic rings. The number of sulfone groups is 1. The Morgan fingerprint density at radius 2 is 1.87 bits per heavy atom. The summed E-state index contributed by atoms with van der Waals surface area (Å²) < 4.78 is 38.4. The van der Waals surface area contributed by atoms with E-state index in [1.807, 2.05) is 33.0 Å². The molecule has 2 atom stereocenters. The number of aliphatic hydroxyl groups excluding tert-OH is 1. The zero-order valence-corrected chi connectivity index (χ0v) is 23.0. The molecular weight excluding hydrogens is 507 g/mol. The van der Waals surface area contributed by atoms with Crippen LogP contribution in [0.2, 0.25) is 0 Å². The number of pyridine rings is 1. The van der Waals surface area contributed by atoms with Crippen molar-refractivity contribution < 1.29 is 17.9 Å². The molecule has 2 aliphatic heterocycles. The molecular formula is C27H35FN6O3S. The summed E-state index contributed by atoms with van der Waals surface area (Å²) in [7, 11) is -2.98. The fraction of sp³-hybridized carbons (Fsp3) is 0.519. The fourth-order valence-electron chi connectivity index (χ4n) is 5.37. The van der Waals surface area contributed by atoms with Crippen LogP contribution in [0.25, 0.3) is 10.8 Å². The predicted octanol–water partition coefficient (Wildman–Crippen LogP) is 3.49. The van der Waals surface area contributed by atoms with Gasteiger partial charge in [0.15, 0.2) is 0 Å². The first-order valence-electron chi connectivity index (χ1n) is 13.0. The van der Waals surface area contributed by atoms with Crippen LogP contribution >= 0.6 is 0 Å². The van der Waals surface area contributed by atoms with Crippen molar-refractivity contribution in [1.29, 1.82) is 0 Å². The molecule has 4 heterocycles. The maximum Gasteiger partial charge on any atom is 0.227 e. The number of piperidine rings is 1. The van der Waals surface area contributed by atoms with Crippen molar-refractivity contribution in [2.24, 2.45) is 11.3 Å². The van der Waals surface area contributed by atoms with Gasteiger partial charge in [-0.3, -0.25) is 0 Å². The fourth-order valence-corrected chi connectivity index (χ4v) is 6.53. The van der Waals surface area contributed by atoms with Crippen LogP contribution in [0.3, 0.4) is 0 Å². The van der Waals surface area contributed by atoms with Crippen LogP contribution < -0.4 is 15.1 Å². The molecule has 0 spiro atoms. The number of anilines is 4. The quantitative estimate of drug-likeness (QED) is 0.463. The lowest BCUT2D eigenvalue weighted by Crippen LogP contribution is -2.55. The summed E-state index contributed by atoms with van der Waals surface area (Å²) in [6.07, 6.45) is 1.05. The van der Waals surface area contributed by atoms with Gasteiger partial charge < -0.3 is 20.2 Å². The van der Waals surface area contributed by atoms with Crippen LogP contribution in [0.5, 0.6) is 0 Å². The number of aromatic nitrogens is 3. The number of rotatable bonds is 7. The molecule has 11 heteroatoms. The van der Waals surface area contributed by atoms with Crippen molar-refractivity contribution in [3.63, 3.8) is 0 Å². The van der Waals surface area contributed by atoms with Crippen LogP contribution in [-0.4, -0.2) is 78.4 Å². The Morgan fingerprint density at radius 3 is 2.58 bits per heavy atom. The van der Waals surface area contributed by atoms with Crippen molar-refractivity contribution in [2.75, 3.05) is 52.8 Å². The Bertz CT molecular complexity index is 1440. The Kier molecular flexibility index (Phi) is 6.93. The minimum Gasteiger partial charge on any atom is -0.389 e. The van der Waals surface area contributed by atoms with Gasteiger partial charge in [-0.05, 0) is 36.1 Å². The molecule has 0 radical (unpaired) electrons. The Balaban J connectivity index is 1.34. The molecule has 204 valence electrons. The van der Waals surface area contributed by atoms with Crippen LogP contribution in [0.15, 0.2) is 36.7 Å². The standard InChI is InChI=1S/C27H35FN6O3S/c1-5-38(36,37)15-18-12-33(13-18)22-7-6-17(2)19-10-24(30-11-20(19)22)31-23-8-9-29-26(32-23)34-14-21(28)25(35)27(3,4)16-34/h6-11,18,21,25,35H,5,12-16H2,1-4H3,(H,29,30,31,32)/t21-,25-/m1/s1. The van der Waals surface area contributed by atoms with Crippen LogP contribution in [-0.2, 0) is 9.84 Å². The summed E-state index contributed by atoms with van der Waals surface area (Å²) in [5.74, 6) is 2.12. The second-order valence-electron chi connectivity index (χ2n) is 11.2. The molecule has 2 saturated heterocycles. The first-order valence-corrected chi connectivity index (χ1v) is 14.8. The molecule has 0 saturated carbocycles. The predicted molar refractivity (Wildman–Crippen MR) is 149 cm³/mol. The van der Waals surface area contributed by atoms with Gasteiger partial charge >= 0.3 is 0 Å². The highest BCUT2D eigenvalue weighted by Crippen LogP contribution is 2.35. The van der Waals surface area contributed by atoms with Crippen LogP contribution in [0.4, 0.5) is 27.7 Å². The summed E-state index contributed by atoms with van der Waals surface area (Å²) in [5.41, 5.74) is 1.53. The smallest absolute Gasteiger partial charge is 0.227 e. The van der Waals surface area contributed by atoms with E-state index in [1.165, 1.54) is 0 Å². The lowest BCUT2D eigenvalue weighted by molar-refractivity contribution is -0.0257. The van der Waals surface area contributed by atoms with Gasteiger partial charge in [0, 0.05) is 60.2 Å². The SMILES string of the molecule is CCS(=O)(=O)CC1CN(c2ccc(C)c3cc(Nc4ccnc(N5C[C@@H](F)[C@@H](O)C(C)(C)C5)n4)ncc23)C1. The number of nitrogens with one attached hydrogen (secondary N) is 1. The molecule has 0 aliphatic carbocycles. The lowest BCUT2D eigenvalue weighted by atomic mass is 9.80. The zero-order chi connectivity index (χ0) is 27.2. The average molecular weight is 543 g/mol. The summed E-state index contributed by atoms with van der Waals surface area (Å²) in [6, 6.07) is 7.86. The molecule has 2 aromatic heterocycles. The summed E-state index contributed by atoms with van der Waals surface area (Å²) >= 11 is 0. The molecule has 9 nitrogen and oxygen atoms in total. The Labute approximate surface area is 223 Å². The number of aryl methyl sites for hydroxylation is 1. The third kappa shape index (κ3) is 5.26. The van der Waals surface area contributed by atoms with E-state index >= 15 is 0 Å². The van der Waals surface area contributed by atoms with Gasteiger partial charge in [0.25, 0.3) is 0 Å². The molecule has 0 amide bonds. The summed E-state index contributed by atoms with van der Waals surface area (Å²) in [6.45, 7) is 9.31. The number of nitrogens with zero attached hydrogens (tertiary/aromatic N) is 5. The maximum atomic E-state index is 14.5. The number of fused-ring (bicyclic) bond motifs is 1. The monoisotopic (exact) mass is 542 g/mol. The zero-order valence-electron chi connectivity index (χ0n) is 22.2. The molecule has 3 aromatic rings. The minimum atomic E-state index is -2.98. The second-order valence-corrected chi connectivity index (χ2v) is 13.6. The number of alkyl halides is 1. The van der Waals surface area contributed by atoms with E-state index in [1.54, 1.807) is 24.1 Å². The summed E-state index contributed by atoms with van der Waals surface area (Å²) in [4.78, 5) is 17.5. The molecule has 0 unspecified atom stereocenters. The highest BCUT2D eigenvalue weighted by atomic mass is 32.2. The van der Waals surface area contributed by atoms with E-state index in [-0.39, 0.29) is 24.0 Å². The van der Waals surface area contributed by atoms with Gasteiger partial charge in [0.05, 0.1) is 18.4 Å². The Morgan fingerprint density at radius 1 is 1.11 bits per heavy atom. The Hall–Kier alpha value is -3.05. The first kappa shape index (κ1) is 26.6. The number of aliphatic hydroxyl groups is 1. The largest absolute Gasteiger partial charge is 0.389 e. The van der Waals surface area contributed by atoms with Gasteiger partial charge in [-0.15, -0.1) is 0 Å². The summed E-state index contributed by atoms with van der Waals surface area (Å²) in [5, 5.41) is 15.5. The molecule has 5 rings (SSSR count). The molecule has 38 heavy (non-hydrogen) atoms. The van der Waals surface area contributed by atoms with Crippen molar-refractivity contribution in [2.45, 2.75) is 40.0 Å². The van der Waals surface area contributed by atoms with E-state index in [0.717, 1.165) is 22.0 Å². The average Bonchev–Trinajstić information content (AvgIpc) is 2.85. The van der Waals surface area contributed by atoms with Crippen molar-refractivity contribution in [3.8, 4) is 0 Å². The molecule has 1 aromatic carbocycles. The number of benzene rings is 1. The van der Waals surface area contributed by atoms with Gasteiger partial charge in [0.2, 0.25) is 5.95 Å². The van der Waals surface area contributed by atoms with Gasteiger partial charge in [-0.25, -0.2) is 22.8 Å². The van der Waals surface area contributed by atoms with Crippen LogP contribution in [0.1, 0.15) is 26.3 Å². The second kappa shape index (κ2) is 9.92. The molecule has 2 N–H and O–H groups in total. The highest BCUT2D eigenvalue weighted by Gasteiger charge is 2.42. The molecule has 2 fully saturated rings. The number of halogens is 1. The number of hydrogen-bond donors (Lipinski definition) is 2. The molecule has 0 bridgehead atoms. The highest BCUT2D eigenvalue weighted by molar-refractivity contribution is 7.91. The van der Waals surface area contributed by atoms with Gasteiger partial charge in [-0.1, -0.05) is 26.8 Å². The third-order valence-electron chi connectivity index (χ3n) is 7.64. The van der Waals surface area contributed by atoms with E-state index in [9.17, 15) is 17.9 Å². The van der Waals surface area contributed by atoms with E-state index in [4.69, 9.17) is 0 Å². The van der Waals surface area contributed by atoms with Crippen LogP contribution in [0, 0.1) is 18.3 Å². The van der Waals surface area contributed by atoms with Gasteiger partial charge in [0.1, 0.15) is 27.6 Å². The van der Waals surface area contributed by atoms with Crippen molar-refractivity contribution in [3.05, 3.63) is 42.2 Å². The van der Waals surface area contributed by atoms with E-state index in [2.05, 4.69) is 37.3 Å².